The Balaban J connectivity index is 1.61. The highest BCUT2D eigenvalue weighted by Crippen LogP contribution is 2.22. The second-order valence-electron chi connectivity index (χ2n) is 6.42. The monoisotopic (exact) mass is 376 g/mol. The third-order valence-electron chi connectivity index (χ3n) is 3.94. The van der Waals surface area contributed by atoms with Gasteiger partial charge in [0.25, 0.3) is 0 Å². The highest BCUT2D eigenvalue weighted by molar-refractivity contribution is 7.90. The van der Waals surface area contributed by atoms with E-state index in [1.165, 1.54) is 0 Å². The summed E-state index contributed by atoms with van der Waals surface area (Å²) in [6.45, 7) is 4.73. The van der Waals surface area contributed by atoms with Crippen LogP contribution in [0.3, 0.4) is 0 Å². The fourth-order valence-corrected chi connectivity index (χ4v) is 3.07. The molecular formula is C20H28N2O3S. The molecule has 0 amide bonds. The lowest BCUT2D eigenvalue weighted by Crippen LogP contribution is -2.31. The molecular weight excluding hydrogens is 348 g/mol. The highest BCUT2D eigenvalue weighted by Gasteiger charge is 2.13. The third-order valence-corrected chi connectivity index (χ3v) is 5.79. The van der Waals surface area contributed by atoms with Gasteiger partial charge in [0, 0.05) is 18.8 Å². The van der Waals surface area contributed by atoms with Gasteiger partial charge >= 0.3 is 0 Å². The first-order valence-electron chi connectivity index (χ1n) is 9.03. The summed E-state index contributed by atoms with van der Waals surface area (Å²) in [5.74, 6) is 1.63. The molecule has 2 aromatic carbocycles. The van der Waals surface area contributed by atoms with E-state index in [2.05, 4.69) is 10.0 Å². The van der Waals surface area contributed by atoms with Gasteiger partial charge in [-0.05, 0) is 63.1 Å². The van der Waals surface area contributed by atoms with Gasteiger partial charge < -0.3 is 10.1 Å². The van der Waals surface area contributed by atoms with Gasteiger partial charge in [0.2, 0.25) is 10.0 Å². The van der Waals surface area contributed by atoms with Crippen molar-refractivity contribution in [1.29, 1.82) is 0 Å². The Labute approximate surface area is 156 Å². The SMILES string of the molecule is CC(C)S(=O)(=O)NCCCCCNc1ccc(Oc2ccccc2)cc1. The Morgan fingerprint density at radius 1 is 0.846 bits per heavy atom. The van der Waals surface area contributed by atoms with Crippen LogP contribution < -0.4 is 14.8 Å². The third kappa shape index (κ3) is 7.06. The Hall–Kier alpha value is -2.05. The number of benzene rings is 2. The number of ether oxygens (including phenoxy) is 1. The number of para-hydroxylation sites is 1. The molecule has 0 aliphatic heterocycles. The molecule has 2 aromatic rings. The molecule has 0 aliphatic carbocycles. The molecule has 2 N–H and O–H groups in total. The van der Waals surface area contributed by atoms with Crippen LogP contribution in [0, 0.1) is 0 Å². The van der Waals surface area contributed by atoms with E-state index in [9.17, 15) is 8.42 Å². The standard InChI is InChI=1S/C20H28N2O3S/c1-17(2)26(23,24)22-16-8-4-7-15-21-18-11-13-20(14-12-18)25-19-9-5-3-6-10-19/h3,5-6,9-14,17,21-22H,4,7-8,15-16H2,1-2H3. The predicted octanol–water partition coefficient (Wildman–Crippen LogP) is 4.39. The zero-order chi connectivity index (χ0) is 18.8. The van der Waals surface area contributed by atoms with E-state index < -0.39 is 10.0 Å². The highest BCUT2D eigenvalue weighted by atomic mass is 32.2. The van der Waals surface area contributed by atoms with Gasteiger partial charge in [0.15, 0.2) is 0 Å². The molecule has 0 atom stereocenters. The van der Waals surface area contributed by atoms with Crippen LogP contribution in [0.2, 0.25) is 0 Å². The average Bonchev–Trinajstić information content (AvgIpc) is 2.63. The van der Waals surface area contributed by atoms with Crippen LogP contribution in [0.4, 0.5) is 5.69 Å². The van der Waals surface area contributed by atoms with Crippen LogP contribution in [0.5, 0.6) is 11.5 Å². The van der Waals surface area contributed by atoms with E-state index in [1.807, 2.05) is 54.6 Å². The summed E-state index contributed by atoms with van der Waals surface area (Å²) >= 11 is 0. The number of hydrogen-bond acceptors (Lipinski definition) is 4. The van der Waals surface area contributed by atoms with E-state index in [-0.39, 0.29) is 5.25 Å². The van der Waals surface area contributed by atoms with Gasteiger partial charge in [-0.1, -0.05) is 24.6 Å². The fourth-order valence-electron chi connectivity index (χ4n) is 2.31. The lowest BCUT2D eigenvalue weighted by molar-refractivity contribution is 0.483. The van der Waals surface area contributed by atoms with Crippen LogP contribution in [-0.4, -0.2) is 26.8 Å². The van der Waals surface area contributed by atoms with Crippen molar-refractivity contribution in [2.45, 2.75) is 38.4 Å². The van der Waals surface area contributed by atoms with Gasteiger partial charge in [-0.2, -0.15) is 0 Å². The minimum absolute atomic E-state index is 0.377. The smallest absolute Gasteiger partial charge is 0.213 e. The molecule has 0 heterocycles. The van der Waals surface area contributed by atoms with Gasteiger partial charge in [-0.15, -0.1) is 0 Å². The van der Waals surface area contributed by atoms with Crippen molar-refractivity contribution in [1.82, 2.24) is 4.72 Å². The molecule has 26 heavy (non-hydrogen) atoms. The van der Waals surface area contributed by atoms with Gasteiger partial charge in [0.1, 0.15) is 11.5 Å². The molecule has 0 aromatic heterocycles. The Kier molecular flexibility index (Phi) is 7.94. The first-order valence-corrected chi connectivity index (χ1v) is 10.6. The van der Waals surface area contributed by atoms with Crippen molar-refractivity contribution >= 4 is 15.7 Å². The topological polar surface area (TPSA) is 67.4 Å². The number of hydrogen-bond donors (Lipinski definition) is 2. The van der Waals surface area contributed by atoms with Crippen molar-refractivity contribution in [3.8, 4) is 11.5 Å². The van der Waals surface area contributed by atoms with E-state index in [1.54, 1.807) is 13.8 Å². The molecule has 6 heteroatoms. The Morgan fingerprint density at radius 2 is 1.46 bits per heavy atom. The van der Waals surface area contributed by atoms with Crippen LogP contribution in [0.25, 0.3) is 0 Å². The minimum atomic E-state index is -3.14. The number of unbranched alkanes of at least 4 members (excludes halogenated alkanes) is 2. The second-order valence-corrected chi connectivity index (χ2v) is 8.74. The maximum Gasteiger partial charge on any atom is 0.213 e. The first-order chi connectivity index (χ1) is 12.5. The molecule has 0 unspecified atom stereocenters. The normalized spacial score (nSPS) is 11.5. The second kappa shape index (κ2) is 10.2. The average molecular weight is 377 g/mol. The lowest BCUT2D eigenvalue weighted by Gasteiger charge is -2.10. The van der Waals surface area contributed by atoms with Crippen molar-refractivity contribution in [2.24, 2.45) is 0 Å². The van der Waals surface area contributed by atoms with E-state index in [0.717, 1.165) is 43.0 Å². The predicted molar refractivity (Wildman–Crippen MR) is 107 cm³/mol. The van der Waals surface area contributed by atoms with Crippen LogP contribution in [-0.2, 0) is 10.0 Å². The van der Waals surface area contributed by atoms with E-state index in [0.29, 0.717) is 6.54 Å². The summed E-state index contributed by atoms with van der Waals surface area (Å²) in [6.07, 6.45) is 2.81. The quantitative estimate of drug-likeness (QED) is 0.571. The molecule has 0 bridgehead atoms. The maximum absolute atomic E-state index is 11.6. The number of rotatable bonds is 11. The van der Waals surface area contributed by atoms with E-state index in [4.69, 9.17) is 4.74 Å². The zero-order valence-corrected chi connectivity index (χ0v) is 16.3. The molecule has 142 valence electrons. The minimum Gasteiger partial charge on any atom is -0.457 e. The summed E-state index contributed by atoms with van der Waals surface area (Å²) in [4.78, 5) is 0. The summed E-state index contributed by atoms with van der Waals surface area (Å²) in [5.41, 5.74) is 1.05. The van der Waals surface area contributed by atoms with Crippen LogP contribution in [0.15, 0.2) is 54.6 Å². The summed E-state index contributed by atoms with van der Waals surface area (Å²) in [7, 11) is -3.14. The Bertz CT molecular complexity index is 744. The van der Waals surface area contributed by atoms with Crippen LogP contribution in [0.1, 0.15) is 33.1 Å². The number of anilines is 1. The summed E-state index contributed by atoms with van der Waals surface area (Å²) in [6, 6.07) is 17.6. The molecule has 0 radical (unpaired) electrons. The zero-order valence-electron chi connectivity index (χ0n) is 15.4. The molecule has 0 spiro atoms. The van der Waals surface area contributed by atoms with E-state index >= 15 is 0 Å². The van der Waals surface area contributed by atoms with Crippen molar-refractivity contribution in [3.63, 3.8) is 0 Å². The van der Waals surface area contributed by atoms with Crippen molar-refractivity contribution < 1.29 is 13.2 Å². The summed E-state index contributed by atoms with van der Waals surface area (Å²) < 4.78 is 31.6. The lowest BCUT2D eigenvalue weighted by atomic mass is 10.2. The molecule has 0 fully saturated rings. The first kappa shape index (κ1) is 20.3. The summed E-state index contributed by atoms with van der Waals surface area (Å²) in [5, 5.41) is 2.99. The van der Waals surface area contributed by atoms with Gasteiger partial charge in [-0.3, -0.25) is 0 Å². The Morgan fingerprint density at radius 3 is 2.12 bits per heavy atom. The molecule has 0 saturated heterocycles. The largest absolute Gasteiger partial charge is 0.457 e. The molecule has 2 rings (SSSR count). The van der Waals surface area contributed by atoms with Gasteiger partial charge in [-0.25, -0.2) is 13.1 Å². The number of nitrogens with one attached hydrogen (secondary N) is 2. The van der Waals surface area contributed by atoms with Gasteiger partial charge in [0.05, 0.1) is 5.25 Å². The fraction of sp³-hybridized carbons (Fsp3) is 0.400. The molecule has 0 saturated carbocycles. The van der Waals surface area contributed by atoms with Crippen molar-refractivity contribution in [3.05, 3.63) is 54.6 Å². The molecule has 0 aliphatic rings. The maximum atomic E-state index is 11.6. The van der Waals surface area contributed by atoms with Crippen LogP contribution >= 0.6 is 0 Å². The molecule has 5 nitrogen and oxygen atoms in total. The van der Waals surface area contributed by atoms with Crippen molar-refractivity contribution in [2.75, 3.05) is 18.4 Å². The number of sulfonamides is 1.